The summed E-state index contributed by atoms with van der Waals surface area (Å²) in [4.78, 5) is 15.7. The Bertz CT molecular complexity index is 3270. The molecule has 9 aromatic carbocycles. The van der Waals surface area contributed by atoms with Gasteiger partial charge < -0.3 is 4.74 Å². The summed E-state index contributed by atoms with van der Waals surface area (Å²) in [7, 11) is 0. The van der Waals surface area contributed by atoms with Gasteiger partial charge in [-0.2, -0.15) is 0 Å². The first kappa shape index (κ1) is 34.1. The van der Waals surface area contributed by atoms with E-state index in [1.807, 2.05) is 6.07 Å². The minimum absolute atomic E-state index is 0.547. The Labute approximate surface area is 348 Å². The number of ether oxygens (including phenoxy) is 1. The van der Waals surface area contributed by atoms with Crippen LogP contribution in [0.4, 0.5) is 0 Å². The number of hydrogen-bond acceptors (Lipinski definition) is 4. The van der Waals surface area contributed by atoms with Crippen molar-refractivity contribution in [3.8, 4) is 79.0 Å². The number of para-hydroxylation sites is 2. The number of fused-ring (bicyclic) bond motifs is 10. The van der Waals surface area contributed by atoms with Crippen LogP contribution in [0.25, 0.3) is 78.3 Å². The molecule has 0 unspecified atom stereocenters. The van der Waals surface area contributed by atoms with Crippen LogP contribution in [-0.2, 0) is 5.41 Å². The van der Waals surface area contributed by atoms with Crippen molar-refractivity contribution in [2.24, 2.45) is 0 Å². The summed E-state index contributed by atoms with van der Waals surface area (Å²) in [5, 5.41) is 2.31. The molecule has 280 valence electrons. The molecule has 0 amide bonds. The number of rotatable bonds is 5. The first-order chi connectivity index (χ1) is 29.7. The third-order valence-corrected chi connectivity index (χ3v) is 12.2. The van der Waals surface area contributed by atoms with Crippen LogP contribution in [0.3, 0.4) is 0 Å². The summed E-state index contributed by atoms with van der Waals surface area (Å²) in [5.74, 6) is 3.63. The average Bonchev–Trinajstić information content (AvgIpc) is 3.62. The molecule has 0 saturated heterocycles. The molecule has 1 aliphatic heterocycles. The molecule has 0 atom stereocenters. The molecule has 1 aliphatic carbocycles. The van der Waals surface area contributed by atoms with Crippen LogP contribution in [0.1, 0.15) is 22.3 Å². The maximum Gasteiger partial charge on any atom is 0.164 e. The van der Waals surface area contributed by atoms with Gasteiger partial charge in [0.05, 0.1) is 5.41 Å². The van der Waals surface area contributed by atoms with E-state index >= 15 is 0 Å². The van der Waals surface area contributed by atoms with Gasteiger partial charge in [-0.05, 0) is 79.5 Å². The zero-order valence-electron chi connectivity index (χ0n) is 32.5. The van der Waals surface area contributed by atoms with Crippen molar-refractivity contribution in [1.82, 2.24) is 15.0 Å². The summed E-state index contributed by atoms with van der Waals surface area (Å²) in [6.07, 6.45) is 0. The summed E-state index contributed by atoms with van der Waals surface area (Å²) < 4.78 is 6.59. The Kier molecular flexibility index (Phi) is 7.72. The molecule has 12 rings (SSSR count). The van der Waals surface area contributed by atoms with Gasteiger partial charge >= 0.3 is 0 Å². The number of aromatic nitrogens is 3. The van der Waals surface area contributed by atoms with Crippen LogP contribution in [0, 0.1) is 0 Å². The lowest BCUT2D eigenvalue weighted by molar-refractivity contribution is 0.436. The van der Waals surface area contributed by atoms with Crippen LogP contribution < -0.4 is 4.74 Å². The van der Waals surface area contributed by atoms with E-state index < -0.39 is 5.41 Å². The SMILES string of the molecule is c1ccc(-c2ccccc2-c2nc(-c3cccc(-c4cccc5c4-c4ccccc4C54c5ccccc5Oc5ccccc54)c3)nc(-c3ccc4ccccc4c3)n2)cc1. The van der Waals surface area contributed by atoms with E-state index in [1.165, 1.54) is 27.6 Å². The summed E-state index contributed by atoms with van der Waals surface area (Å²) >= 11 is 0. The second-order valence-electron chi connectivity index (χ2n) is 15.5. The zero-order valence-corrected chi connectivity index (χ0v) is 32.5. The van der Waals surface area contributed by atoms with Crippen molar-refractivity contribution < 1.29 is 4.74 Å². The Morgan fingerprint density at radius 1 is 0.300 bits per heavy atom. The highest BCUT2D eigenvalue weighted by Gasteiger charge is 2.51. The van der Waals surface area contributed by atoms with Crippen molar-refractivity contribution in [3.05, 3.63) is 235 Å². The fourth-order valence-corrected chi connectivity index (χ4v) is 9.60. The van der Waals surface area contributed by atoms with Gasteiger partial charge in [-0.1, -0.05) is 188 Å². The van der Waals surface area contributed by atoms with Gasteiger partial charge in [-0.3, -0.25) is 0 Å². The second-order valence-corrected chi connectivity index (χ2v) is 15.5. The van der Waals surface area contributed by atoms with Crippen molar-refractivity contribution in [1.29, 1.82) is 0 Å². The van der Waals surface area contributed by atoms with Crippen LogP contribution >= 0.6 is 0 Å². The van der Waals surface area contributed by atoms with Gasteiger partial charge in [0.15, 0.2) is 17.5 Å². The van der Waals surface area contributed by atoms with E-state index in [9.17, 15) is 0 Å². The monoisotopic (exact) mass is 765 g/mol. The molecule has 2 aliphatic rings. The van der Waals surface area contributed by atoms with E-state index in [1.54, 1.807) is 0 Å². The van der Waals surface area contributed by atoms with E-state index in [0.29, 0.717) is 17.5 Å². The van der Waals surface area contributed by atoms with Gasteiger partial charge in [0.2, 0.25) is 0 Å². The fraction of sp³-hybridized carbons (Fsp3) is 0.0179. The van der Waals surface area contributed by atoms with Gasteiger partial charge in [0.25, 0.3) is 0 Å². The van der Waals surface area contributed by atoms with E-state index in [-0.39, 0.29) is 0 Å². The van der Waals surface area contributed by atoms with Gasteiger partial charge in [0, 0.05) is 27.8 Å². The Balaban J connectivity index is 1.06. The number of benzene rings is 9. The predicted octanol–water partition coefficient (Wildman–Crippen LogP) is 13.8. The van der Waals surface area contributed by atoms with Crippen LogP contribution in [0.2, 0.25) is 0 Å². The zero-order chi connectivity index (χ0) is 39.6. The van der Waals surface area contributed by atoms with Crippen molar-refractivity contribution in [3.63, 3.8) is 0 Å². The minimum atomic E-state index is -0.547. The lowest BCUT2D eigenvalue weighted by Gasteiger charge is -2.39. The quantitative estimate of drug-likeness (QED) is 0.175. The smallest absolute Gasteiger partial charge is 0.164 e. The van der Waals surface area contributed by atoms with E-state index in [2.05, 4.69) is 206 Å². The lowest BCUT2D eigenvalue weighted by Crippen LogP contribution is -2.32. The highest BCUT2D eigenvalue weighted by molar-refractivity contribution is 5.97. The topological polar surface area (TPSA) is 47.9 Å². The van der Waals surface area contributed by atoms with Crippen LogP contribution in [0.5, 0.6) is 11.5 Å². The van der Waals surface area contributed by atoms with Gasteiger partial charge in [-0.15, -0.1) is 0 Å². The fourth-order valence-electron chi connectivity index (χ4n) is 9.60. The average molecular weight is 766 g/mol. The maximum atomic E-state index is 6.59. The van der Waals surface area contributed by atoms with Crippen molar-refractivity contribution >= 4 is 10.8 Å². The molecule has 4 heteroatoms. The molecule has 10 aromatic rings. The Morgan fingerprint density at radius 3 is 1.58 bits per heavy atom. The highest BCUT2D eigenvalue weighted by atomic mass is 16.5. The third-order valence-electron chi connectivity index (χ3n) is 12.2. The normalized spacial score (nSPS) is 12.9. The van der Waals surface area contributed by atoms with Crippen LogP contribution in [0.15, 0.2) is 212 Å². The molecular formula is C56H35N3O. The summed E-state index contributed by atoms with van der Waals surface area (Å²) in [5.41, 5.74) is 13.9. The minimum Gasteiger partial charge on any atom is -0.457 e. The molecule has 0 fully saturated rings. The molecule has 60 heavy (non-hydrogen) atoms. The standard InChI is InChI=1S/C56H35N3O/c1-2-17-37(18-3-1)42-22-6-7-23-44(42)55-58-53(57-54(59-55)41-33-32-36-16-4-5-19-38(36)34-41)40-21-14-20-39(35-40)43-25-15-29-49-52(43)45-24-8-9-26-46(45)56(49)47-27-10-12-30-50(47)60-51-31-13-11-28-48(51)56/h1-35H. The summed E-state index contributed by atoms with van der Waals surface area (Å²) in [6.45, 7) is 0. The van der Waals surface area contributed by atoms with Crippen LogP contribution in [-0.4, -0.2) is 15.0 Å². The molecule has 0 saturated carbocycles. The molecule has 1 spiro atoms. The second kappa shape index (κ2) is 13.6. The maximum absolute atomic E-state index is 6.59. The molecule has 1 aromatic heterocycles. The molecule has 0 radical (unpaired) electrons. The largest absolute Gasteiger partial charge is 0.457 e. The third kappa shape index (κ3) is 5.21. The molecule has 0 N–H and O–H groups in total. The Morgan fingerprint density at radius 2 is 0.817 bits per heavy atom. The first-order valence-corrected chi connectivity index (χ1v) is 20.4. The van der Waals surface area contributed by atoms with Gasteiger partial charge in [-0.25, -0.2) is 15.0 Å². The van der Waals surface area contributed by atoms with Crippen molar-refractivity contribution in [2.75, 3.05) is 0 Å². The first-order valence-electron chi connectivity index (χ1n) is 20.4. The highest BCUT2D eigenvalue weighted by Crippen LogP contribution is 2.63. The molecular weight excluding hydrogens is 731 g/mol. The number of nitrogens with zero attached hydrogens (tertiary/aromatic N) is 3. The lowest BCUT2D eigenvalue weighted by atomic mass is 9.66. The molecule has 4 nitrogen and oxygen atoms in total. The molecule has 0 bridgehead atoms. The van der Waals surface area contributed by atoms with E-state index in [4.69, 9.17) is 19.7 Å². The number of hydrogen-bond donors (Lipinski definition) is 0. The van der Waals surface area contributed by atoms with Crippen molar-refractivity contribution in [2.45, 2.75) is 5.41 Å². The van der Waals surface area contributed by atoms with Gasteiger partial charge in [0.1, 0.15) is 11.5 Å². The van der Waals surface area contributed by atoms with E-state index in [0.717, 1.165) is 67.0 Å². The summed E-state index contributed by atoms with van der Waals surface area (Å²) in [6, 6.07) is 74.9. The molecule has 2 heterocycles. The Hall–Kier alpha value is -7.95. The predicted molar refractivity (Wildman–Crippen MR) is 242 cm³/mol.